The van der Waals surface area contributed by atoms with Gasteiger partial charge in [0.05, 0.1) is 12.1 Å². The third kappa shape index (κ3) is 3.20. The van der Waals surface area contributed by atoms with Gasteiger partial charge in [0.1, 0.15) is 10.6 Å². The summed E-state index contributed by atoms with van der Waals surface area (Å²) in [6.45, 7) is 0. The molecule has 112 valence electrons. The van der Waals surface area contributed by atoms with Gasteiger partial charge in [0, 0.05) is 13.2 Å². The Labute approximate surface area is 117 Å². The van der Waals surface area contributed by atoms with E-state index in [1.54, 1.807) is 7.05 Å². The zero-order valence-corrected chi connectivity index (χ0v) is 12.1. The van der Waals surface area contributed by atoms with Gasteiger partial charge in [-0.15, -0.1) is 0 Å². The van der Waals surface area contributed by atoms with E-state index in [1.165, 1.54) is 16.8 Å². The second-order valence-corrected chi connectivity index (χ2v) is 6.71. The highest BCUT2D eigenvalue weighted by molar-refractivity contribution is 7.89. The standard InChI is InChI=1S/C12H19N3O4S/c1-15-7-8(20(13,18)19)6-10(15)12(17)14-9-4-2-3-5-11(9)16/h6-7,9,11,16H,2-5H2,1H3,(H,14,17)(H2,13,18,19)/t9-,11-/m0/s1. The molecule has 0 radical (unpaired) electrons. The van der Waals surface area contributed by atoms with Crippen molar-refractivity contribution in [3.05, 3.63) is 18.0 Å². The van der Waals surface area contributed by atoms with Gasteiger partial charge in [-0.2, -0.15) is 0 Å². The highest BCUT2D eigenvalue weighted by atomic mass is 32.2. The Kier molecular flexibility index (Phi) is 4.17. The summed E-state index contributed by atoms with van der Waals surface area (Å²) in [6, 6.07) is 0.948. The number of carbonyl (C=O) groups excluding carboxylic acids is 1. The van der Waals surface area contributed by atoms with Crippen molar-refractivity contribution in [1.29, 1.82) is 0 Å². The molecule has 1 aromatic rings. The predicted octanol–water partition coefficient (Wildman–Crippen LogP) is -0.294. The van der Waals surface area contributed by atoms with Crippen LogP contribution in [0.5, 0.6) is 0 Å². The molecule has 7 nitrogen and oxygen atoms in total. The van der Waals surface area contributed by atoms with Crippen molar-refractivity contribution in [3.8, 4) is 0 Å². The van der Waals surface area contributed by atoms with Crippen LogP contribution in [0.2, 0.25) is 0 Å². The van der Waals surface area contributed by atoms with E-state index in [1.807, 2.05) is 0 Å². The first-order chi connectivity index (χ1) is 9.29. The molecule has 2 atom stereocenters. The molecule has 0 aliphatic heterocycles. The Morgan fingerprint density at radius 3 is 2.65 bits per heavy atom. The van der Waals surface area contributed by atoms with Gasteiger partial charge in [-0.25, -0.2) is 13.6 Å². The number of carbonyl (C=O) groups is 1. The van der Waals surface area contributed by atoms with Crippen LogP contribution in [0.1, 0.15) is 36.2 Å². The number of nitrogens with one attached hydrogen (secondary N) is 1. The van der Waals surface area contributed by atoms with Crippen molar-refractivity contribution in [3.63, 3.8) is 0 Å². The lowest BCUT2D eigenvalue weighted by Crippen LogP contribution is -2.45. The molecule has 4 N–H and O–H groups in total. The average molecular weight is 301 g/mol. The number of sulfonamides is 1. The third-order valence-electron chi connectivity index (χ3n) is 3.59. The van der Waals surface area contributed by atoms with E-state index in [2.05, 4.69) is 5.32 Å². The molecule has 1 fully saturated rings. The van der Waals surface area contributed by atoms with E-state index in [4.69, 9.17) is 5.14 Å². The van der Waals surface area contributed by atoms with Crippen molar-refractivity contribution in [1.82, 2.24) is 9.88 Å². The van der Waals surface area contributed by atoms with Gasteiger partial charge in [0.2, 0.25) is 10.0 Å². The molecular formula is C12H19N3O4S. The smallest absolute Gasteiger partial charge is 0.268 e. The average Bonchev–Trinajstić information content (AvgIpc) is 2.74. The number of aliphatic hydroxyl groups is 1. The highest BCUT2D eigenvalue weighted by Gasteiger charge is 2.26. The fourth-order valence-electron chi connectivity index (χ4n) is 2.44. The van der Waals surface area contributed by atoms with Crippen LogP contribution < -0.4 is 10.5 Å². The van der Waals surface area contributed by atoms with E-state index in [9.17, 15) is 18.3 Å². The number of primary sulfonamides is 1. The fourth-order valence-corrected chi connectivity index (χ4v) is 3.02. The van der Waals surface area contributed by atoms with Crippen LogP contribution in [0.3, 0.4) is 0 Å². The molecular weight excluding hydrogens is 282 g/mol. The summed E-state index contributed by atoms with van der Waals surface area (Å²) in [6.07, 6.45) is 4.04. The molecule has 1 amide bonds. The lowest BCUT2D eigenvalue weighted by Gasteiger charge is -2.28. The van der Waals surface area contributed by atoms with Gasteiger partial charge in [0.25, 0.3) is 5.91 Å². The number of rotatable bonds is 3. The van der Waals surface area contributed by atoms with Crippen molar-refractivity contribution >= 4 is 15.9 Å². The number of amides is 1. The molecule has 0 spiro atoms. The maximum Gasteiger partial charge on any atom is 0.268 e. The Hall–Kier alpha value is -1.38. The summed E-state index contributed by atoms with van der Waals surface area (Å²) in [5, 5.41) is 17.6. The molecule has 0 saturated heterocycles. The quantitative estimate of drug-likeness (QED) is 0.711. The Bertz CT molecular complexity index is 608. The number of aliphatic hydroxyl groups excluding tert-OH is 1. The summed E-state index contributed by atoms with van der Waals surface area (Å²) in [7, 11) is -2.26. The normalized spacial score (nSPS) is 23.6. The van der Waals surface area contributed by atoms with Crippen molar-refractivity contribution in [2.45, 2.75) is 42.7 Å². The minimum atomic E-state index is -3.83. The summed E-state index contributed by atoms with van der Waals surface area (Å²) in [5.41, 5.74) is 0.201. The first-order valence-corrected chi connectivity index (χ1v) is 8.02. The van der Waals surface area contributed by atoms with Gasteiger partial charge >= 0.3 is 0 Å². The monoisotopic (exact) mass is 301 g/mol. The van der Waals surface area contributed by atoms with E-state index in [0.717, 1.165) is 19.3 Å². The SMILES string of the molecule is Cn1cc(S(N)(=O)=O)cc1C(=O)N[C@H]1CCCC[C@@H]1O. The minimum Gasteiger partial charge on any atom is -0.391 e. The van der Waals surface area contributed by atoms with Crippen molar-refractivity contribution < 1.29 is 18.3 Å². The third-order valence-corrected chi connectivity index (χ3v) is 4.47. The lowest BCUT2D eigenvalue weighted by atomic mass is 9.92. The van der Waals surface area contributed by atoms with E-state index < -0.39 is 22.0 Å². The van der Waals surface area contributed by atoms with E-state index in [-0.39, 0.29) is 16.6 Å². The molecule has 2 rings (SSSR count). The molecule has 1 aliphatic rings. The lowest BCUT2D eigenvalue weighted by molar-refractivity contribution is 0.0711. The number of hydrogen-bond acceptors (Lipinski definition) is 4. The molecule has 0 unspecified atom stereocenters. The first-order valence-electron chi connectivity index (χ1n) is 6.47. The first kappa shape index (κ1) is 15.0. The second-order valence-electron chi connectivity index (χ2n) is 5.15. The molecule has 1 aromatic heterocycles. The van der Waals surface area contributed by atoms with Gasteiger partial charge < -0.3 is 15.0 Å². The largest absolute Gasteiger partial charge is 0.391 e. The fraction of sp³-hybridized carbons (Fsp3) is 0.583. The van der Waals surface area contributed by atoms with Crippen LogP contribution in [0.15, 0.2) is 17.2 Å². The van der Waals surface area contributed by atoms with E-state index >= 15 is 0 Å². The Morgan fingerprint density at radius 2 is 2.10 bits per heavy atom. The zero-order valence-electron chi connectivity index (χ0n) is 11.2. The number of aromatic nitrogens is 1. The molecule has 8 heteroatoms. The predicted molar refractivity (Wildman–Crippen MR) is 72.5 cm³/mol. The molecule has 0 bridgehead atoms. The number of nitrogens with two attached hydrogens (primary N) is 1. The van der Waals surface area contributed by atoms with Crippen LogP contribution >= 0.6 is 0 Å². The number of hydrogen-bond donors (Lipinski definition) is 3. The van der Waals surface area contributed by atoms with Crippen molar-refractivity contribution in [2.24, 2.45) is 12.2 Å². The number of aryl methyl sites for hydroxylation is 1. The van der Waals surface area contributed by atoms with Crippen LogP contribution in [0.4, 0.5) is 0 Å². The molecule has 1 heterocycles. The summed E-state index contributed by atoms with van der Waals surface area (Å²) >= 11 is 0. The molecule has 1 saturated carbocycles. The molecule has 0 aromatic carbocycles. The van der Waals surface area contributed by atoms with Gasteiger partial charge in [0.15, 0.2) is 0 Å². The van der Waals surface area contributed by atoms with Gasteiger partial charge in [-0.1, -0.05) is 12.8 Å². The van der Waals surface area contributed by atoms with E-state index in [0.29, 0.717) is 6.42 Å². The van der Waals surface area contributed by atoms with Gasteiger partial charge in [-0.3, -0.25) is 4.79 Å². The minimum absolute atomic E-state index is 0.102. The zero-order chi connectivity index (χ0) is 14.9. The molecule has 20 heavy (non-hydrogen) atoms. The topological polar surface area (TPSA) is 114 Å². The molecule has 1 aliphatic carbocycles. The van der Waals surface area contributed by atoms with Crippen molar-refractivity contribution in [2.75, 3.05) is 0 Å². The Balaban J connectivity index is 2.15. The van der Waals surface area contributed by atoms with Crippen LogP contribution in [-0.4, -0.2) is 36.1 Å². The maximum absolute atomic E-state index is 12.1. The van der Waals surface area contributed by atoms with Gasteiger partial charge in [-0.05, 0) is 18.9 Å². The summed E-state index contributed by atoms with van der Waals surface area (Å²) < 4.78 is 23.9. The highest BCUT2D eigenvalue weighted by Crippen LogP contribution is 2.19. The summed E-state index contributed by atoms with van der Waals surface area (Å²) in [4.78, 5) is 12.0. The summed E-state index contributed by atoms with van der Waals surface area (Å²) in [5.74, 6) is -0.409. The second kappa shape index (κ2) is 5.55. The number of nitrogens with zero attached hydrogens (tertiary/aromatic N) is 1. The van der Waals surface area contributed by atoms with Crippen LogP contribution in [-0.2, 0) is 17.1 Å². The Morgan fingerprint density at radius 1 is 1.45 bits per heavy atom. The van der Waals surface area contributed by atoms with Crippen LogP contribution in [0.25, 0.3) is 0 Å². The van der Waals surface area contributed by atoms with Crippen LogP contribution in [0, 0.1) is 0 Å². The maximum atomic E-state index is 12.1.